The van der Waals surface area contributed by atoms with Crippen molar-refractivity contribution >= 4 is 17.4 Å². The smallest absolute Gasteiger partial charge is 0.299 e. The molecule has 1 aromatic carbocycles. The van der Waals surface area contributed by atoms with Crippen LogP contribution in [0.25, 0.3) is 0 Å². The van der Waals surface area contributed by atoms with E-state index < -0.39 is 23.6 Å². The summed E-state index contributed by atoms with van der Waals surface area (Å²) in [5, 5.41) is 12.4. The van der Waals surface area contributed by atoms with Crippen LogP contribution >= 0.6 is 0 Å². The summed E-state index contributed by atoms with van der Waals surface area (Å²) in [5.74, 6) is -2.03. The Morgan fingerprint density at radius 1 is 1.44 bits per heavy atom. The topological polar surface area (TPSA) is 69.6 Å². The third-order valence-corrected chi connectivity index (χ3v) is 2.77. The van der Waals surface area contributed by atoms with E-state index in [2.05, 4.69) is 5.32 Å². The van der Waals surface area contributed by atoms with Gasteiger partial charge in [0.15, 0.2) is 0 Å². The Balaban J connectivity index is 2.29. The SMILES string of the molecule is CNCC(O)CN1C(=O)C(=O)c2cc(F)ccc21. The molecule has 0 bridgehead atoms. The minimum absolute atomic E-state index is 0.00401. The Morgan fingerprint density at radius 2 is 2.17 bits per heavy atom. The lowest BCUT2D eigenvalue weighted by molar-refractivity contribution is -0.114. The van der Waals surface area contributed by atoms with Crippen LogP contribution in [-0.4, -0.2) is 43.0 Å². The van der Waals surface area contributed by atoms with Crippen molar-refractivity contribution in [3.8, 4) is 0 Å². The first-order chi connectivity index (χ1) is 8.54. The number of fused-ring (bicyclic) bond motifs is 1. The predicted octanol–water partition coefficient (Wildman–Crippen LogP) is -0.0647. The van der Waals surface area contributed by atoms with Crippen molar-refractivity contribution in [2.75, 3.05) is 25.0 Å². The third kappa shape index (κ3) is 2.12. The van der Waals surface area contributed by atoms with Crippen LogP contribution < -0.4 is 10.2 Å². The van der Waals surface area contributed by atoms with E-state index in [4.69, 9.17) is 0 Å². The van der Waals surface area contributed by atoms with Crippen molar-refractivity contribution in [2.45, 2.75) is 6.10 Å². The highest BCUT2D eigenvalue weighted by Gasteiger charge is 2.36. The van der Waals surface area contributed by atoms with Gasteiger partial charge in [0.2, 0.25) is 0 Å². The molecule has 1 aromatic rings. The van der Waals surface area contributed by atoms with Crippen LogP contribution in [0.4, 0.5) is 10.1 Å². The molecule has 1 heterocycles. The van der Waals surface area contributed by atoms with E-state index in [0.29, 0.717) is 12.2 Å². The number of carbonyl (C=O) groups is 2. The van der Waals surface area contributed by atoms with Gasteiger partial charge in [-0.3, -0.25) is 9.59 Å². The van der Waals surface area contributed by atoms with E-state index in [1.54, 1.807) is 7.05 Å². The number of hydrogen-bond donors (Lipinski definition) is 2. The van der Waals surface area contributed by atoms with E-state index in [0.717, 1.165) is 6.07 Å². The highest BCUT2D eigenvalue weighted by molar-refractivity contribution is 6.52. The molecule has 1 amide bonds. The van der Waals surface area contributed by atoms with Gasteiger partial charge in [0.1, 0.15) is 5.82 Å². The number of aliphatic hydroxyl groups is 1. The number of likely N-dealkylation sites (N-methyl/N-ethyl adjacent to an activating group) is 1. The summed E-state index contributed by atoms with van der Waals surface area (Å²) < 4.78 is 13.0. The second kappa shape index (κ2) is 4.83. The maximum absolute atomic E-state index is 13.0. The third-order valence-electron chi connectivity index (χ3n) is 2.77. The first-order valence-electron chi connectivity index (χ1n) is 5.53. The Bertz CT molecular complexity index is 504. The predicted molar refractivity (Wildman–Crippen MR) is 63.0 cm³/mol. The zero-order chi connectivity index (χ0) is 13.3. The van der Waals surface area contributed by atoms with Crippen molar-refractivity contribution in [1.29, 1.82) is 0 Å². The van der Waals surface area contributed by atoms with Crippen molar-refractivity contribution in [2.24, 2.45) is 0 Å². The van der Waals surface area contributed by atoms with Crippen LogP contribution in [-0.2, 0) is 4.79 Å². The second-order valence-corrected chi connectivity index (χ2v) is 4.12. The molecule has 1 unspecified atom stereocenters. The van der Waals surface area contributed by atoms with Crippen LogP contribution in [0.2, 0.25) is 0 Å². The van der Waals surface area contributed by atoms with Gasteiger partial charge >= 0.3 is 0 Å². The molecule has 0 fully saturated rings. The van der Waals surface area contributed by atoms with Crippen LogP contribution in [0.3, 0.4) is 0 Å². The second-order valence-electron chi connectivity index (χ2n) is 4.12. The van der Waals surface area contributed by atoms with Gasteiger partial charge in [-0.2, -0.15) is 0 Å². The van der Waals surface area contributed by atoms with E-state index in [1.807, 2.05) is 0 Å². The number of aliphatic hydroxyl groups excluding tert-OH is 1. The average Bonchev–Trinajstić information content (AvgIpc) is 2.55. The molecule has 1 aliphatic heterocycles. The summed E-state index contributed by atoms with van der Waals surface area (Å²) in [6.07, 6.45) is -0.789. The molecular formula is C12H13FN2O3. The van der Waals surface area contributed by atoms with Gasteiger partial charge in [-0.15, -0.1) is 0 Å². The summed E-state index contributed by atoms with van der Waals surface area (Å²) >= 11 is 0. The van der Waals surface area contributed by atoms with Gasteiger partial charge in [0, 0.05) is 6.54 Å². The largest absolute Gasteiger partial charge is 0.390 e. The van der Waals surface area contributed by atoms with Gasteiger partial charge in [-0.1, -0.05) is 0 Å². The van der Waals surface area contributed by atoms with Crippen LogP contribution in [0.5, 0.6) is 0 Å². The van der Waals surface area contributed by atoms with Gasteiger partial charge < -0.3 is 15.3 Å². The summed E-state index contributed by atoms with van der Waals surface area (Å²) in [5.41, 5.74) is 0.401. The number of amides is 1. The lowest BCUT2D eigenvalue weighted by Crippen LogP contribution is -2.40. The molecule has 0 saturated heterocycles. The molecule has 0 aliphatic carbocycles. The standard InChI is InChI=1S/C12H13FN2O3/c1-14-5-8(16)6-15-10-3-2-7(13)4-9(10)11(17)12(15)18/h2-4,8,14,16H,5-6H2,1H3. The monoisotopic (exact) mass is 252 g/mol. The molecule has 1 aliphatic rings. The molecular weight excluding hydrogens is 239 g/mol. The number of hydrogen-bond acceptors (Lipinski definition) is 4. The zero-order valence-electron chi connectivity index (χ0n) is 9.81. The Kier molecular flexibility index (Phi) is 3.40. The molecule has 0 radical (unpaired) electrons. The molecule has 6 heteroatoms. The molecule has 0 aromatic heterocycles. The molecule has 5 nitrogen and oxygen atoms in total. The van der Waals surface area contributed by atoms with Crippen LogP contribution in [0.1, 0.15) is 10.4 Å². The van der Waals surface area contributed by atoms with E-state index in [9.17, 15) is 19.1 Å². The highest BCUT2D eigenvalue weighted by atomic mass is 19.1. The van der Waals surface area contributed by atoms with E-state index in [-0.39, 0.29) is 12.1 Å². The fraction of sp³-hybridized carbons (Fsp3) is 0.333. The number of carbonyl (C=O) groups excluding carboxylic acids is 2. The molecule has 18 heavy (non-hydrogen) atoms. The number of β-amino-alcohol motifs (C(OH)–C–C–N with tert-alkyl or cyclic N) is 1. The van der Waals surface area contributed by atoms with Gasteiger partial charge in [-0.25, -0.2) is 4.39 Å². The number of benzene rings is 1. The van der Waals surface area contributed by atoms with Crippen molar-refractivity contribution in [1.82, 2.24) is 5.32 Å². The minimum atomic E-state index is -0.789. The fourth-order valence-electron chi connectivity index (χ4n) is 1.96. The Labute approximate surface area is 103 Å². The molecule has 2 rings (SSSR count). The quantitative estimate of drug-likeness (QED) is 0.736. The lowest BCUT2D eigenvalue weighted by atomic mass is 10.1. The normalized spacial score (nSPS) is 16.1. The van der Waals surface area contributed by atoms with Crippen molar-refractivity contribution in [3.63, 3.8) is 0 Å². The van der Waals surface area contributed by atoms with Crippen molar-refractivity contribution in [3.05, 3.63) is 29.6 Å². The lowest BCUT2D eigenvalue weighted by Gasteiger charge is -2.20. The number of nitrogens with zero attached hydrogens (tertiary/aromatic N) is 1. The number of anilines is 1. The molecule has 1 atom stereocenters. The molecule has 2 N–H and O–H groups in total. The molecule has 0 saturated carbocycles. The first-order valence-corrected chi connectivity index (χ1v) is 5.53. The average molecular weight is 252 g/mol. The van der Waals surface area contributed by atoms with E-state index >= 15 is 0 Å². The summed E-state index contributed by atoms with van der Waals surface area (Å²) in [7, 11) is 1.67. The summed E-state index contributed by atoms with van der Waals surface area (Å²) in [6.45, 7) is 0.304. The van der Waals surface area contributed by atoms with Crippen LogP contribution in [0, 0.1) is 5.82 Å². The van der Waals surface area contributed by atoms with Gasteiger partial charge in [0.05, 0.1) is 23.9 Å². The summed E-state index contributed by atoms with van der Waals surface area (Å²) in [6, 6.07) is 3.60. The van der Waals surface area contributed by atoms with Gasteiger partial charge in [0.25, 0.3) is 11.7 Å². The number of nitrogens with one attached hydrogen (secondary N) is 1. The minimum Gasteiger partial charge on any atom is -0.390 e. The maximum atomic E-state index is 13.0. The highest BCUT2D eigenvalue weighted by Crippen LogP contribution is 2.29. The number of Topliss-reactive ketones (excluding diaryl/α,β-unsaturated/α-hetero) is 1. The summed E-state index contributed by atoms with van der Waals surface area (Å²) in [4.78, 5) is 24.6. The van der Waals surface area contributed by atoms with Crippen LogP contribution in [0.15, 0.2) is 18.2 Å². The maximum Gasteiger partial charge on any atom is 0.299 e. The molecule has 0 spiro atoms. The van der Waals surface area contributed by atoms with Crippen molar-refractivity contribution < 1.29 is 19.1 Å². The zero-order valence-corrected chi connectivity index (χ0v) is 9.81. The Hall–Kier alpha value is -1.79. The fourth-order valence-corrected chi connectivity index (χ4v) is 1.96. The molecule has 96 valence electrons. The van der Waals surface area contributed by atoms with Gasteiger partial charge in [-0.05, 0) is 25.2 Å². The van der Waals surface area contributed by atoms with E-state index in [1.165, 1.54) is 17.0 Å². The number of halogens is 1. The number of rotatable bonds is 4. The first kappa shape index (κ1) is 12.7. The Morgan fingerprint density at radius 3 is 2.83 bits per heavy atom. The number of ketones is 1.